The summed E-state index contributed by atoms with van der Waals surface area (Å²) in [6.07, 6.45) is -8.77. The quantitative estimate of drug-likeness (QED) is 0.561. The van der Waals surface area contributed by atoms with Crippen molar-refractivity contribution in [2.24, 2.45) is 0 Å². The molecular formula is C20H14F7N3O. The fourth-order valence-electron chi connectivity index (χ4n) is 2.88. The molecule has 11 heteroatoms. The molecule has 0 atom stereocenters. The maximum absolute atomic E-state index is 13.6. The van der Waals surface area contributed by atoms with Gasteiger partial charge in [-0.25, -0.2) is 9.07 Å². The lowest BCUT2D eigenvalue weighted by Crippen LogP contribution is -2.28. The number of hydrogen-bond acceptors (Lipinski definition) is 2. The maximum atomic E-state index is 13.6. The predicted octanol–water partition coefficient (Wildman–Crippen LogP) is 5.02. The summed E-state index contributed by atoms with van der Waals surface area (Å²) in [5.74, 6) is -1.75. The molecule has 2 aromatic carbocycles. The van der Waals surface area contributed by atoms with Crippen molar-refractivity contribution < 1.29 is 35.5 Å². The highest BCUT2D eigenvalue weighted by molar-refractivity contribution is 5.95. The number of benzene rings is 2. The summed E-state index contributed by atoms with van der Waals surface area (Å²) >= 11 is 0. The average molecular weight is 445 g/mol. The van der Waals surface area contributed by atoms with E-state index in [1.54, 1.807) is 0 Å². The molecule has 4 nitrogen and oxygen atoms in total. The zero-order chi connectivity index (χ0) is 22.8. The Kier molecular flexibility index (Phi) is 6.05. The van der Waals surface area contributed by atoms with Crippen LogP contribution in [0, 0.1) is 5.82 Å². The lowest BCUT2D eigenvalue weighted by Gasteiger charge is -2.13. The molecule has 0 saturated carbocycles. The summed E-state index contributed by atoms with van der Waals surface area (Å²) in [6, 6.07) is 8.46. The van der Waals surface area contributed by atoms with Crippen LogP contribution in [0.3, 0.4) is 0 Å². The van der Waals surface area contributed by atoms with Gasteiger partial charge < -0.3 is 5.32 Å². The van der Waals surface area contributed by atoms with Gasteiger partial charge in [0.25, 0.3) is 5.91 Å². The SMILES string of the molecule is O=C(NCCc1cccc(C(F)(F)F)c1)c1cnn(-c2ccc(F)cc2)c1C(F)(F)F. The van der Waals surface area contributed by atoms with Gasteiger partial charge in [-0.05, 0) is 42.3 Å². The Balaban J connectivity index is 1.77. The van der Waals surface area contributed by atoms with E-state index in [9.17, 15) is 35.5 Å². The minimum atomic E-state index is -4.95. The molecule has 1 aromatic heterocycles. The van der Waals surface area contributed by atoms with E-state index in [0.29, 0.717) is 4.68 Å². The van der Waals surface area contributed by atoms with Crippen LogP contribution >= 0.6 is 0 Å². The van der Waals surface area contributed by atoms with Crippen molar-refractivity contribution in [2.75, 3.05) is 6.54 Å². The van der Waals surface area contributed by atoms with Crippen LogP contribution < -0.4 is 5.32 Å². The molecule has 3 rings (SSSR count). The second-order valence-electron chi connectivity index (χ2n) is 6.50. The fraction of sp³-hybridized carbons (Fsp3) is 0.200. The van der Waals surface area contributed by atoms with Crippen LogP contribution in [0.4, 0.5) is 30.7 Å². The first-order chi connectivity index (χ1) is 14.5. The molecule has 0 spiro atoms. The van der Waals surface area contributed by atoms with Crippen LogP contribution in [0.5, 0.6) is 0 Å². The largest absolute Gasteiger partial charge is 0.434 e. The van der Waals surface area contributed by atoms with E-state index >= 15 is 0 Å². The van der Waals surface area contributed by atoms with Crippen molar-refractivity contribution in [3.8, 4) is 5.69 Å². The molecule has 0 saturated heterocycles. The smallest absolute Gasteiger partial charge is 0.352 e. The Hall–Kier alpha value is -3.37. The molecule has 0 radical (unpaired) electrons. The van der Waals surface area contributed by atoms with Gasteiger partial charge in [-0.2, -0.15) is 31.4 Å². The van der Waals surface area contributed by atoms with E-state index in [4.69, 9.17) is 0 Å². The molecule has 0 aliphatic heterocycles. The summed E-state index contributed by atoms with van der Waals surface area (Å²) in [7, 11) is 0. The third-order valence-corrected chi connectivity index (χ3v) is 4.31. The van der Waals surface area contributed by atoms with Crippen molar-refractivity contribution in [3.63, 3.8) is 0 Å². The van der Waals surface area contributed by atoms with Crippen LogP contribution in [0.2, 0.25) is 0 Å². The summed E-state index contributed by atoms with van der Waals surface area (Å²) in [5, 5.41) is 5.86. The van der Waals surface area contributed by atoms with Crippen molar-refractivity contribution in [1.82, 2.24) is 15.1 Å². The molecule has 0 bridgehead atoms. The van der Waals surface area contributed by atoms with Gasteiger partial charge in [-0.1, -0.05) is 18.2 Å². The monoisotopic (exact) mass is 445 g/mol. The number of rotatable bonds is 5. The minimum Gasteiger partial charge on any atom is -0.352 e. The van der Waals surface area contributed by atoms with E-state index in [-0.39, 0.29) is 24.2 Å². The van der Waals surface area contributed by atoms with Gasteiger partial charge in [0.05, 0.1) is 23.0 Å². The first-order valence-electron chi connectivity index (χ1n) is 8.82. The summed E-state index contributed by atoms with van der Waals surface area (Å²) in [6.45, 7) is -0.195. The average Bonchev–Trinajstić information content (AvgIpc) is 3.14. The van der Waals surface area contributed by atoms with Gasteiger partial charge in [0, 0.05) is 6.54 Å². The molecule has 0 fully saturated rings. The highest BCUT2D eigenvalue weighted by atomic mass is 19.4. The number of amides is 1. The van der Waals surface area contributed by atoms with E-state index in [0.717, 1.165) is 42.6 Å². The van der Waals surface area contributed by atoms with Crippen molar-refractivity contribution >= 4 is 5.91 Å². The number of alkyl halides is 6. The van der Waals surface area contributed by atoms with Crippen LogP contribution in [0.15, 0.2) is 54.7 Å². The van der Waals surface area contributed by atoms with Crippen LogP contribution in [0.25, 0.3) is 5.69 Å². The standard InChI is InChI=1S/C20H14F7N3O/c21-14-4-6-15(7-5-14)30-17(20(25,26)27)16(11-29-30)18(31)28-9-8-12-2-1-3-13(10-12)19(22,23)24/h1-7,10-11H,8-9H2,(H,28,31). The number of hydrogen-bond donors (Lipinski definition) is 1. The predicted molar refractivity (Wildman–Crippen MR) is 96.0 cm³/mol. The lowest BCUT2D eigenvalue weighted by molar-refractivity contribution is -0.143. The maximum Gasteiger partial charge on any atom is 0.434 e. The minimum absolute atomic E-state index is 0.0247. The number of halogens is 7. The van der Waals surface area contributed by atoms with Crippen molar-refractivity contribution in [1.29, 1.82) is 0 Å². The number of nitrogens with zero attached hydrogens (tertiary/aromatic N) is 2. The molecule has 31 heavy (non-hydrogen) atoms. The molecule has 1 amide bonds. The fourth-order valence-corrected chi connectivity index (χ4v) is 2.88. The first kappa shape index (κ1) is 22.3. The van der Waals surface area contributed by atoms with Crippen molar-refractivity contribution in [2.45, 2.75) is 18.8 Å². The Morgan fingerprint density at radius 2 is 1.65 bits per heavy atom. The highest BCUT2D eigenvalue weighted by Gasteiger charge is 2.40. The summed E-state index contributed by atoms with van der Waals surface area (Å²) in [5.41, 5.74) is -2.82. The molecule has 0 unspecified atom stereocenters. The number of carbonyl (C=O) groups excluding carboxylic acids is 1. The molecule has 3 aromatic rings. The molecule has 1 N–H and O–H groups in total. The van der Waals surface area contributed by atoms with Crippen LogP contribution in [0.1, 0.15) is 27.2 Å². The van der Waals surface area contributed by atoms with E-state index < -0.39 is 40.9 Å². The molecule has 0 aliphatic rings. The summed E-state index contributed by atoms with van der Waals surface area (Å²) < 4.78 is 92.6. The Morgan fingerprint density at radius 1 is 0.968 bits per heavy atom. The van der Waals surface area contributed by atoms with Gasteiger partial charge in [-0.15, -0.1) is 0 Å². The van der Waals surface area contributed by atoms with E-state index in [2.05, 4.69) is 10.4 Å². The number of nitrogens with one attached hydrogen (secondary N) is 1. The molecule has 1 heterocycles. The molecule has 0 aliphatic carbocycles. The second-order valence-corrected chi connectivity index (χ2v) is 6.50. The highest BCUT2D eigenvalue weighted by Crippen LogP contribution is 2.34. The van der Waals surface area contributed by atoms with Crippen LogP contribution in [-0.4, -0.2) is 22.2 Å². The first-order valence-corrected chi connectivity index (χ1v) is 8.82. The summed E-state index contributed by atoms with van der Waals surface area (Å²) in [4.78, 5) is 12.3. The Labute approximate surface area is 171 Å². The van der Waals surface area contributed by atoms with Gasteiger partial charge in [0.1, 0.15) is 5.82 Å². The molecular weight excluding hydrogens is 431 g/mol. The van der Waals surface area contributed by atoms with Crippen LogP contribution in [-0.2, 0) is 18.8 Å². The van der Waals surface area contributed by atoms with E-state index in [1.165, 1.54) is 12.1 Å². The Bertz CT molecular complexity index is 1070. The third-order valence-electron chi connectivity index (χ3n) is 4.31. The normalized spacial score (nSPS) is 12.1. The third kappa shape index (κ3) is 5.22. The number of carbonyl (C=O) groups is 1. The lowest BCUT2D eigenvalue weighted by atomic mass is 10.1. The zero-order valence-corrected chi connectivity index (χ0v) is 15.6. The van der Waals surface area contributed by atoms with Gasteiger partial charge in [-0.3, -0.25) is 4.79 Å². The molecule has 164 valence electrons. The van der Waals surface area contributed by atoms with Gasteiger partial charge in [0.2, 0.25) is 0 Å². The van der Waals surface area contributed by atoms with E-state index in [1.807, 2.05) is 0 Å². The van der Waals surface area contributed by atoms with Gasteiger partial charge in [0.15, 0.2) is 5.69 Å². The zero-order valence-electron chi connectivity index (χ0n) is 15.6. The number of aromatic nitrogens is 2. The Morgan fingerprint density at radius 3 is 2.26 bits per heavy atom. The van der Waals surface area contributed by atoms with Crippen molar-refractivity contribution in [3.05, 3.63) is 82.9 Å². The second kappa shape index (κ2) is 8.40. The van der Waals surface area contributed by atoms with Gasteiger partial charge >= 0.3 is 12.4 Å². The topological polar surface area (TPSA) is 46.9 Å².